The quantitative estimate of drug-likeness (QED) is 0.870. The molecule has 2 heterocycles. The lowest BCUT2D eigenvalue weighted by Gasteiger charge is -2.13. The Labute approximate surface area is 119 Å². The molecule has 7 heteroatoms. The first-order valence-corrected chi connectivity index (χ1v) is 6.33. The number of anilines is 2. The van der Waals surface area contributed by atoms with Crippen LogP contribution in [0.5, 0.6) is 5.75 Å². The van der Waals surface area contributed by atoms with Crippen molar-refractivity contribution in [2.24, 2.45) is 0 Å². The molecule has 19 heavy (non-hydrogen) atoms. The molecular weight excluding hydrogens is 310 g/mol. The highest BCUT2D eigenvalue weighted by molar-refractivity contribution is 9.10. The van der Waals surface area contributed by atoms with Crippen molar-refractivity contribution in [2.45, 2.75) is 0 Å². The first-order valence-electron chi connectivity index (χ1n) is 5.54. The van der Waals surface area contributed by atoms with E-state index in [1.165, 1.54) is 0 Å². The van der Waals surface area contributed by atoms with Gasteiger partial charge in [0, 0.05) is 20.2 Å². The van der Waals surface area contributed by atoms with Gasteiger partial charge in [-0.2, -0.15) is 4.98 Å². The molecule has 0 fully saturated rings. The zero-order chi connectivity index (χ0) is 14.0. The average Bonchev–Trinajstić information content (AvgIpc) is 2.37. The second-order valence-electron chi connectivity index (χ2n) is 4.05. The van der Waals surface area contributed by atoms with Gasteiger partial charge in [0.05, 0.1) is 7.11 Å². The standard InChI is InChI=1S/C12H14BrN5O/c1-18(2)10-6-7(15-12(14)17-10)11-8(19-3)4-5-9(13)16-11/h4-6H,1-3H3,(H2,14,15,17). The fourth-order valence-electron chi connectivity index (χ4n) is 1.57. The zero-order valence-electron chi connectivity index (χ0n) is 10.9. The van der Waals surface area contributed by atoms with E-state index < -0.39 is 0 Å². The highest BCUT2D eigenvalue weighted by Crippen LogP contribution is 2.30. The number of aromatic nitrogens is 3. The van der Waals surface area contributed by atoms with Crippen LogP contribution in [0.2, 0.25) is 0 Å². The minimum absolute atomic E-state index is 0.199. The van der Waals surface area contributed by atoms with Crippen LogP contribution < -0.4 is 15.4 Å². The van der Waals surface area contributed by atoms with E-state index in [2.05, 4.69) is 30.9 Å². The molecule has 0 amide bonds. The van der Waals surface area contributed by atoms with Crippen LogP contribution in [0.15, 0.2) is 22.8 Å². The molecule has 2 aromatic rings. The molecule has 0 radical (unpaired) electrons. The number of pyridine rings is 1. The Morgan fingerprint density at radius 2 is 1.95 bits per heavy atom. The van der Waals surface area contributed by atoms with Crippen molar-refractivity contribution < 1.29 is 4.74 Å². The molecule has 0 aromatic carbocycles. The molecule has 2 N–H and O–H groups in total. The summed E-state index contributed by atoms with van der Waals surface area (Å²) in [6, 6.07) is 5.44. The van der Waals surface area contributed by atoms with Crippen molar-refractivity contribution in [3.05, 3.63) is 22.8 Å². The molecule has 0 saturated carbocycles. The molecule has 2 rings (SSSR count). The average molecular weight is 324 g/mol. The second-order valence-corrected chi connectivity index (χ2v) is 4.86. The predicted octanol–water partition coefficient (Wildman–Crippen LogP) is 1.96. The number of hydrogen-bond acceptors (Lipinski definition) is 6. The molecule has 0 aliphatic rings. The maximum absolute atomic E-state index is 5.73. The molecule has 0 bridgehead atoms. The van der Waals surface area contributed by atoms with Gasteiger partial charge >= 0.3 is 0 Å². The van der Waals surface area contributed by atoms with E-state index in [9.17, 15) is 0 Å². The Morgan fingerprint density at radius 3 is 2.58 bits per heavy atom. The third kappa shape index (κ3) is 2.93. The number of halogens is 1. The number of nitrogen functional groups attached to an aromatic ring is 1. The minimum Gasteiger partial charge on any atom is -0.494 e. The summed E-state index contributed by atoms with van der Waals surface area (Å²) in [4.78, 5) is 14.6. The van der Waals surface area contributed by atoms with Crippen LogP contribution >= 0.6 is 15.9 Å². The van der Waals surface area contributed by atoms with Crippen molar-refractivity contribution in [2.75, 3.05) is 31.8 Å². The Hall–Kier alpha value is -1.89. The van der Waals surface area contributed by atoms with Crippen LogP contribution in [0, 0.1) is 0 Å². The van der Waals surface area contributed by atoms with E-state index in [0.29, 0.717) is 27.6 Å². The van der Waals surface area contributed by atoms with E-state index in [1.807, 2.05) is 31.1 Å². The first kappa shape index (κ1) is 13.5. The van der Waals surface area contributed by atoms with Gasteiger partial charge in [0.25, 0.3) is 0 Å². The SMILES string of the molecule is COc1ccc(Br)nc1-c1cc(N(C)C)nc(N)n1. The van der Waals surface area contributed by atoms with Gasteiger partial charge in [0.15, 0.2) is 0 Å². The van der Waals surface area contributed by atoms with Gasteiger partial charge in [0.1, 0.15) is 27.6 Å². The topological polar surface area (TPSA) is 77.2 Å². The van der Waals surface area contributed by atoms with Crippen LogP contribution in [-0.2, 0) is 0 Å². The van der Waals surface area contributed by atoms with Crippen LogP contribution in [0.25, 0.3) is 11.4 Å². The highest BCUT2D eigenvalue weighted by Gasteiger charge is 2.13. The molecule has 0 spiro atoms. The van der Waals surface area contributed by atoms with Crippen LogP contribution in [0.1, 0.15) is 0 Å². The Bertz CT molecular complexity index is 603. The van der Waals surface area contributed by atoms with Crippen molar-refractivity contribution >= 4 is 27.7 Å². The van der Waals surface area contributed by atoms with Gasteiger partial charge in [-0.25, -0.2) is 9.97 Å². The number of ether oxygens (including phenoxy) is 1. The van der Waals surface area contributed by atoms with Gasteiger partial charge in [-0.15, -0.1) is 0 Å². The summed E-state index contributed by atoms with van der Waals surface area (Å²) in [5.41, 5.74) is 6.97. The molecule has 0 saturated heterocycles. The summed E-state index contributed by atoms with van der Waals surface area (Å²) < 4.78 is 6.00. The van der Waals surface area contributed by atoms with Gasteiger partial charge in [-0.05, 0) is 28.1 Å². The maximum Gasteiger partial charge on any atom is 0.222 e. The third-order valence-corrected chi connectivity index (χ3v) is 2.92. The maximum atomic E-state index is 5.73. The van der Waals surface area contributed by atoms with E-state index >= 15 is 0 Å². The zero-order valence-corrected chi connectivity index (χ0v) is 12.5. The molecule has 0 aliphatic heterocycles. The Balaban J connectivity index is 2.61. The summed E-state index contributed by atoms with van der Waals surface area (Å²) in [5.74, 6) is 1.54. The Kier molecular flexibility index (Phi) is 3.84. The van der Waals surface area contributed by atoms with Gasteiger partial charge < -0.3 is 15.4 Å². The smallest absolute Gasteiger partial charge is 0.222 e. The minimum atomic E-state index is 0.199. The molecule has 2 aromatic heterocycles. The molecule has 0 atom stereocenters. The fraction of sp³-hybridized carbons (Fsp3) is 0.250. The van der Waals surface area contributed by atoms with E-state index in [1.54, 1.807) is 13.2 Å². The van der Waals surface area contributed by atoms with E-state index in [0.717, 1.165) is 0 Å². The first-order chi connectivity index (χ1) is 9.01. The lowest BCUT2D eigenvalue weighted by atomic mass is 10.2. The van der Waals surface area contributed by atoms with E-state index in [4.69, 9.17) is 10.5 Å². The van der Waals surface area contributed by atoms with Crippen molar-refractivity contribution in [1.29, 1.82) is 0 Å². The second kappa shape index (κ2) is 5.40. The number of rotatable bonds is 3. The summed E-state index contributed by atoms with van der Waals surface area (Å²) in [7, 11) is 5.36. The normalized spacial score (nSPS) is 10.3. The van der Waals surface area contributed by atoms with Gasteiger partial charge in [-0.1, -0.05) is 0 Å². The van der Waals surface area contributed by atoms with Crippen LogP contribution in [0.4, 0.5) is 11.8 Å². The molecule has 0 unspecified atom stereocenters. The monoisotopic (exact) mass is 323 g/mol. The number of nitrogens with two attached hydrogens (primary N) is 1. The summed E-state index contributed by atoms with van der Waals surface area (Å²) >= 11 is 3.34. The van der Waals surface area contributed by atoms with Crippen molar-refractivity contribution in [3.8, 4) is 17.1 Å². The Morgan fingerprint density at radius 1 is 1.21 bits per heavy atom. The molecular formula is C12H14BrN5O. The third-order valence-electron chi connectivity index (χ3n) is 2.47. The van der Waals surface area contributed by atoms with Crippen molar-refractivity contribution in [3.63, 3.8) is 0 Å². The van der Waals surface area contributed by atoms with Crippen LogP contribution in [-0.4, -0.2) is 36.2 Å². The summed E-state index contributed by atoms with van der Waals surface area (Å²) in [5, 5.41) is 0. The van der Waals surface area contributed by atoms with E-state index in [-0.39, 0.29) is 5.95 Å². The number of methoxy groups -OCH3 is 1. The van der Waals surface area contributed by atoms with Gasteiger partial charge in [-0.3, -0.25) is 0 Å². The highest BCUT2D eigenvalue weighted by atomic mass is 79.9. The summed E-state index contributed by atoms with van der Waals surface area (Å²) in [6.07, 6.45) is 0. The molecule has 100 valence electrons. The lowest BCUT2D eigenvalue weighted by Crippen LogP contribution is -2.12. The number of hydrogen-bond donors (Lipinski definition) is 1. The van der Waals surface area contributed by atoms with Crippen LogP contribution in [0.3, 0.4) is 0 Å². The fourth-order valence-corrected chi connectivity index (χ4v) is 1.88. The summed E-state index contributed by atoms with van der Waals surface area (Å²) in [6.45, 7) is 0. The van der Waals surface area contributed by atoms with Gasteiger partial charge in [0.2, 0.25) is 5.95 Å². The molecule has 6 nitrogen and oxygen atoms in total. The lowest BCUT2D eigenvalue weighted by molar-refractivity contribution is 0.414. The van der Waals surface area contributed by atoms with Crippen molar-refractivity contribution in [1.82, 2.24) is 15.0 Å². The predicted molar refractivity (Wildman–Crippen MR) is 78.3 cm³/mol. The molecule has 0 aliphatic carbocycles. The number of nitrogens with zero attached hydrogens (tertiary/aromatic N) is 4. The largest absolute Gasteiger partial charge is 0.494 e.